The molecule has 0 atom stereocenters. The van der Waals surface area contributed by atoms with Crippen LogP contribution < -0.4 is 9.80 Å². The van der Waals surface area contributed by atoms with E-state index in [1.807, 2.05) is 59.5 Å². The third-order valence-electron chi connectivity index (χ3n) is 6.61. The van der Waals surface area contributed by atoms with Crippen molar-refractivity contribution in [2.45, 2.75) is 6.92 Å². The molecule has 0 spiro atoms. The first-order chi connectivity index (χ1) is 18.9. The van der Waals surface area contributed by atoms with E-state index in [-0.39, 0.29) is 34.9 Å². The Balaban J connectivity index is 1.25. The summed E-state index contributed by atoms with van der Waals surface area (Å²) in [4.78, 5) is 48.0. The average molecular weight is 543 g/mol. The van der Waals surface area contributed by atoms with Crippen molar-refractivity contribution in [1.82, 2.24) is 4.90 Å². The number of amides is 2. The van der Waals surface area contributed by atoms with Crippen LogP contribution in [0.2, 0.25) is 0 Å². The smallest absolute Gasteiger partial charge is 0.283 e. The molecule has 0 aromatic heterocycles. The first-order valence-electron chi connectivity index (χ1n) is 12.6. The Morgan fingerprint density at radius 1 is 0.897 bits per heavy atom. The summed E-state index contributed by atoms with van der Waals surface area (Å²) in [5.41, 5.74) is 3.25. The Kier molecular flexibility index (Phi) is 7.88. The fourth-order valence-electron chi connectivity index (χ4n) is 4.45. The van der Waals surface area contributed by atoms with Gasteiger partial charge in [0.15, 0.2) is 11.0 Å². The number of piperazine rings is 1. The normalized spacial score (nSPS) is 16.6. The number of para-hydroxylation sites is 1. The van der Waals surface area contributed by atoms with Crippen molar-refractivity contribution in [3.63, 3.8) is 0 Å². The number of Topliss-reactive ketones (excluding diaryl/α,β-unsaturated/α-hetero) is 1. The fourth-order valence-corrected chi connectivity index (χ4v) is 5.37. The molecule has 0 radical (unpaired) electrons. The van der Waals surface area contributed by atoms with Crippen LogP contribution in [0, 0.1) is 5.82 Å². The number of hydrogen-bond donors (Lipinski definition) is 0. The highest BCUT2D eigenvalue weighted by atomic mass is 32.2. The van der Waals surface area contributed by atoms with Crippen molar-refractivity contribution < 1.29 is 18.8 Å². The van der Waals surface area contributed by atoms with Crippen LogP contribution in [0.4, 0.5) is 15.8 Å². The number of halogens is 1. The van der Waals surface area contributed by atoms with Crippen molar-refractivity contribution in [3.8, 4) is 0 Å². The Morgan fingerprint density at radius 3 is 2.21 bits per heavy atom. The van der Waals surface area contributed by atoms with Gasteiger partial charge in [0.1, 0.15) is 11.5 Å². The molecule has 2 heterocycles. The number of benzene rings is 3. The van der Waals surface area contributed by atoms with Gasteiger partial charge in [0.05, 0.1) is 11.4 Å². The first kappa shape index (κ1) is 26.4. The molecule has 3 aromatic carbocycles. The summed E-state index contributed by atoms with van der Waals surface area (Å²) in [7, 11) is 0. The monoisotopic (exact) mass is 542 g/mol. The van der Waals surface area contributed by atoms with Gasteiger partial charge < -0.3 is 9.80 Å². The summed E-state index contributed by atoms with van der Waals surface area (Å²) < 4.78 is 13.3. The molecule has 7 nitrogen and oxygen atoms in total. The van der Waals surface area contributed by atoms with Crippen LogP contribution in [-0.4, -0.2) is 59.6 Å². The first-order valence-corrected chi connectivity index (χ1v) is 13.6. The van der Waals surface area contributed by atoms with E-state index in [9.17, 15) is 18.8 Å². The van der Waals surface area contributed by atoms with Crippen LogP contribution in [-0.2, 0) is 9.59 Å². The maximum atomic E-state index is 13.3. The van der Waals surface area contributed by atoms with Crippen LogP contribution in [0.15, 0.2) is 89.6 Å². The molecular weight excluding hydrogens is 515 g/mol. The van der Waals surface area contributed by atoms with E-state index in [0.717, 1.165) is 5.69 Å². The molecule has 198 valence electrons. The number of carbonyl (C=O) groups is 3. The summed E-state index contributed by atoms with van der Waals surface area (Å²) in [5, 5.41) is 0.428. The number of hydrogen-bond acceptors (Lipinski definition) is 6. The minimum Gasteiger partial charge on any atom is -0.368 e. The van der Waals surface area contributed by atoms with Crippen molar-refractivity contribution in [2.75, 3.05) is 41.7 Å². The second-order valence-corrected chi connectivity index (χ2v) is 10.2. The quantitative estimate of drug-likeness (QED) is 0.329. The Hall–Kier alpha value is -4.24. The van der Waals surface area contributed by atoms with E-state index in [2.05, 4.69) is 9.89 Å². The standard InChI is InChI=1S/C30H27FN4O3S/c1-21(36)23-9-13-25(14-10-23)33-15-17-34(18-16-33)28(37)20-39-30-32-27(19-22-7-11-24(31)12-8-22)29(38)35(30)26-5-3-2-4-6-26/h2-14,19H,15-18,20H2,1H3/b27-19+. The summed E-state index contributed by atoms with van der Waals surface area (Å²) in [6.45, 7) is 4.09. The molecule has 3 aromatic rings. The molecule has 0 N–H and O–H groups in total. The van der Waals surface area contributed by atoms with E-state index in [4.69, 9.17) is 0 Å². The third-order valence-corrected chi connectivity index (χ3v) is 7.54. The number of amidine groups is 1. The lowest BCUT2D eigenvalue weighted by Crippen LogP contribution is -2.49. The predicted octanol–water partition coefficient (Wildman–Crippen LogP) is 4.85. The molecule has 2 aliphatic rings. The topological polar surface area (TPSA) is 73.3 Å². The van der Waals surface area contributed by atoms with Gasteiger partial charge in [-0.05, 0) is 67.1 Å². The van der Waals surface area contributed by atoms with E-state index < -0.39 is 0 Å². The molecule has 1 fully saturated rings. The Labute approximate surface area is 230 Å². The molecular formula is C30H27FN4O3S. The van der Waals surface area contributed by atoms with Crippen LogP contribution in [0.5, 0.6) is 0 Å². The molecule has 5 rings (SSSR count). The van der Waals surface area contributed by atoms with Crippen LogP contribution in [0.3, 0.4) is 0 Å². The van der Waals surface area contributed by atoms with Gasteiger partial charge in [-0.2, -0.15) is 0 Å². The van der Waals surface area contributed by atoms with Crippen molar-refractivity contribution in [1.29, 1.82) is 0 Å². The van der Waals surface area contributed by atoms with Gasteiger partial charge in [0.25, 0.3) is 5.91 Å². The number of ketones is 1. The minimum atomic E-state index is -0.356. The van der Waals surface area contributed by atoms with Crippen LogP contribution in [0.1, 0.15) is 22.8 Å². The van der Waals surface area contributed by atoms with Gasteiger partial charge in [-0.25, -0.2) is 9.38 Å². The predicted molar refractivity (Wildman–Crippen MR) is 153 cm³/mol. The summed E-state index contributed by atoms with van der Waals surface area (Å²) >= 11 is 1.23. The maximum Gasteiger partial charge on any atom is 0.283 e. The van der Waals surface area contributed by atoms with Crippen LogP contribution in [0.25, 0.3) is 6.08 Å². The van der Waals surface area contributed by atoms with Crippen molar-refractivity contribution >= 4 is 52.0 Å². The number of nitrogens with zero attached hydrogens (tertiary/aromatic N) is 4. The zero-order chi connectivity index (χ0) is 27.4. The highest BCUT2D eigenvalue weighted by Gasteiger charge is 2.33. The zero-order valence-electron chi connectivity index (χ0n) is 21.4. The van der Waals surface area contributed by atoms with E-state index in [1.165, 1.54) is 28.8 Å². The number of carbonyl (C=O) groups excluding carboxylic acids is 3. The lowest BCUT2D eigenvalue weighted by Gasteiger charge is -2.36. The summed E-state index contributed by atoms with van der Waals surface area (Å²) in [6.07, 6.45) is 1.62. The fraction of sp³-hybridized carbons (Fsp3) is 0.200. The minimum absolute atomic E-state index is 0.0225. The molecule has 39 heavy (non-hydrogen) atoms. The van der Waals surface area contributed by atoms with Gasteiger partial charge in [0, 0.05) is 37.4 Å². The number of anilines is 2. The molecule has 1 saturated heterocycles. The molecule has 0 bridgehead atoms. The second-order valence-electron chi connectivity index (χ2n) is 9.21. The Bertz CT molecular complexity index is 1430. The van der Waals surface area contributed by atoms with Crippen molar-refractivity contribution in [2.24, 2.45) is 4.99 Å². The highest BCUT2D eigenvalue weighted by Crippen LogP contribution is 2.29. The molecule has 2 amide bonds. The van der Waals surface area contributed by atoms with E-state index in [0.29, 0.717) is 48.2 Å². The number of thioether (sulfide) groups is 1. The zero-order valence-corrected chi connectivity index (χ0v) is 22.2. The number of aliphatic imine (C=N–C) groups is 1. The lowest BCUT2D eigenvalue weighted by molar-refractivity contribution is -0.128. The van der Waals surface area contributed by atoms with Gasteiger partial charge >= 0.3 is 0 Å². The lowest BCUT2D eigenvalue weighted by atomic mass is 10.1. The Morgan fingerprint density at radius 2 is 1.56 bits per heavy atom. The molecule has 0 saturated carbocycles. The van der Waals surface area contributed by atoms with Crippen molar-refractivity contribution in [3.05, 3.63) is 102 Å². The molecule has 0 unspecified atom stereocenters. The molecule has 9 heteroatoms. The SMILES string of the molecule is CC(=O)c1ccc(N2CCN(C(=O)CSC3=N/C(=C/c4ccc(F)cc4)C(=O)N3c3ccccc3)CC2)cc1. The van der Waals surface area contributed by atoms with Gasteiger partial charge in [-0.15, -0.1) is 0 Å². The van der Waals surface area contributed by atoms with E-state index >= 15 is 0 Å². The largest absolute Gasteiger partial charge is 0.368 e. The average Bonchev–Trinajstić information content (AvgIpc) is 3.27. The summed E-state index contributed by atoms with van der Waals surface area (Å²) in [6, 6.07) is 22.5. The molecule has 2 aliphatic heterocycles. The van der Waals surface area contributed by atoms with Gasteiger partial charge in [-0.1, -0.05) is 42.1 Å². The van der Waals surface area contributed by atoms with Gasteiger partial charge in [-0.3, -0.25) is 19.3 Å². The summed E-state index contributed by atoms with van der Waals surface area (Å²) in [5.74, 6) is -0.500. The third kappa shape index (κ3) is 6.09. The van der Waals surface area contributed by atoms with E-state index in [1.54, 1.807) is 25.1 Å². The van der Waals surface area contributed by atoms with Crippen LogP contribution >= 0.6 is 11.8 Å². The maximum absolute atomic E-state index is 13.3. The number of rotatable bonds is 6. The second kappa shape index (κ2) is 11.7. The highest BCUT2D eigenvalue weighted by molar-refractivity contribution is 8.14. The molecule has 0 aliphatic carbocycles. The van der Waals surface area contributed by atoms with Gasteiger partial charge in [0.2, 0.25) is 5.91 Å².